The molecule has 0 saturated carbocycles. The molecule has 0 atom stereocenters. The molecule has 5 N–H and O–H groups in total. The van der Waals surface area contributed by atoms with E-state index in [1.54, 1.807) is 6.07 Å². The van der Waals surface area contributed by atoms with Gasteiger partial charge in [-0.05, 0) is 18.6 Å². The predicted octanol–water partition coefficient (Wildman–Crippen LogP) is 2.35. The highest BCUT2D eigenvalue weighted by molar-refractivity contribution is 6.32. The summed E-state index contributed by atoms with van der Waals surface area (Å²) in [7, 11) is 0. The van der Waals surface area contributed by atoms with E-state index in [1.165, 1.54) is 6.07 Å². The van der Waals surface area contributed by atoms with Crippen LogP contribution >= 0.6 is 11.6 Å². The molecule has 0 bridgehead atoms. The monoisotopic (exact) mass is 281 g/mol. The molecule has 0 unspecified atom stereocenters. The second-order valence-electron chi connectivity index (χ2n) is 4.08. The van der Waals surface area contributed by atoms with Gasteiger partial charge in [0.25, 0.3) is 0 Å². The van der Waals surface area contributed by atoms with Gasteiger partial charge in [-0.25, -0.2) is 4.39 Å². The van der Waals surface area contributed by atoms with E-state index in [0.717, 1.165) is 5.56 Å². The van der Waals surface area contributed by atoms with Crippen LogP contribution in [0.5, 0.6) is 0 Å². The Balaban J connectivity index is 2.19. The number of nitrogen functional groups attached to an aromatic ring is 2. The Morgan fingerprint density at radius 2 is 2.05 bits per heavy atom. The average Bonchev–Trinajstić information content (AvgIpc) is 2.33. The van der Waals surface area contributed by atoms with Gasteiger partial charge in [-0.3, -0.25) is 0 Å². The molecular weight excluding hydrogens is 269 g/mol. The number of hydrogen-bond donors (Lipinski definition) is 3. The van der Waals surface area contributed by atoms with Gasteiger partial charge >= 0.3 is 0 Å². The van der Waals surface area contributed by atoms with Crippen LogP contribution in [0.3, 0.4) is 0 Å². The van der Waals surface area contributed by atoms with Crippen LogP contribution in [0.25, 0.3) is 0 Å². The third-order valence-corrected chi connectivity index (χ3v) is 2.86. The molecule has 1 heterocycles. The molecule has 0 aliphatic carbocycles. The van der Waals surface area contributed by atoms with Crippen LogP contribution in [0.1, 0.15) is 11.1 Å². The molecule has 7 heteroatoms. The maximum Gasteiger partial charge on any atom is 0.223 e. The Hall–Kier alpha value is -2.08. The number of nitrogens with two attached hydrogens (primary N) is 2. The molecule has 0 amide bonds. The van der Waals surface area contributed by atoms with Crippen LogP contribution in [0.2, 0.25) is 5.15 Å². The predicted molar refractivity (Wildman–Crippen MR) is 74.3 cm³/mol. The fraction of sp³-hybridized carbons (Fsp3) is 0.167. The summed E-state index contributed by atoms with van der Waals surface area (Å²) in [5, 5.41) is 2.96. The Kier molecular flexibility index (Phi) is 3.71. The zero-order valence-corrected chi connectivity index (χ0v) is 11.0. The maximum atomic E-state index is 13.7. The van der Waals surface area contributed by atoms with Crippen LogP contribution in [0.15, 0.2) is 18.2 Å². The lowest BCUT2D eigenvalue weighted by Gasteiger charge is -2.10. The minimum absolute atomic E-state index is 0.00563. The highest BCUT2D eigenvalue weighted by Gasteiger charge is 2.09. The van der Waals surface area contributed by atoms with Crippen molar-refractivity contribution in [2.75, 3.05) is 16.8 Å². The second kappa shape index (κ2) is 5.27. The largest absolute Gasteiger partial charge is 0.393 e. The number of nitrogens with one attached hydrogen (secondary N) is 1. The van der Waals surface area contributed by atoms with E-state index in [0.29, 0.717) is 5.56 Å². The van der Waals surface area contributed by atoms with Crippen molar-refractivity contribution < 1.29 is 4.39 Å². The zero-order valence-electron chi connectivity index (χ0n) is 10.2. The first kappa shape index (κ1) is 13.4. The van der Waals surface area contributed by atoms with Crippen molar-refractivity contribution in [3.63, 3.8) is 0 Å². The number of anilines is 3. The van der Waals surface area contributed by atoms with Crippen LogP contribution in [0, 0.1) is 12.7 Å². The molecule has 2 rings (SSSR count). The fourth-order valence-electron chi connectivity index (χ4n) is 1.57. The minimum atomic E-state index is -0.292. The normalized spacial score (nSPS) is 10.5. The lowest BCUT2D eigenvalue weighted by molar-refractivity contribution is 0.611. The first-order chi connectivity index (χ1) is 8.97. The minimum Gasteiger partial charge on any atom is -0.393 e. The summed E-state index contributed by atoms with van der Waals surface area (Å²) in [5.41, 5.74) is 12.7. The molecule has 0 spiro atoms. The maximum absolute atomic E-state index is 13.7. The van der Waals surface area contributed by atoms with Gasteiger partial charge in [0.2, 0.25) is 5.95 Å². The summed E-state index contributed by atoms with van der Waals surface area (Å²) in [6.45, 7) is 2.05. The first-order valence-electron chi connectivity index (χ1n) is 5.54. The van der Waals surface area contributed by atoms with Gasteiger partial charge in [0, 0.05) is 12.1 Å². The Morgan fingerprint density at radius 3 is 2.74 bits per heavy atom. The average molecular weight is 282 g/mol. The highest BCUT2D eigenvalue weighted by atomic mass is 35.5. The van der Waals surface area contributed by atoms with Crippen molar-refractivity contribution in [1.29, 1.82) is 0 Å². The van der Waals surface area contributed by atoms with Gasteiger partial charge in [-0.15, -0.1) is 0 Å². The number of rotatable bonds is 3. The third-order valence-electron chi connectivity index (χ3n) is 2.57. The Bertz CT molecular complexity index is 617. The lowest BCUT2D eigenvalue weighted by atomic mass is 10.1. The number of benzene rings is 1. The van der Waals surface area contributed by atoms with Crippen molar-refractivity contribution in [2.24, 2.45) is 0 Å². The summed E-state index contributed by atoms with van der Waals surface area (Å²) in [6.07, 6.45) is 0. The second-order valence-corrected chi connectivity index (χ2v) is 4.44. The molecule has 100 valence electrons. The third kappa shape index (κ3) is 3.03. The standard InChI is InChI=1S/C12H13ClFN5/c1-6-2-3-7(8(14)4-6)5-17-11-9(15)10(13)18-12(16)19-11/h2-4H,5,15H2,1H3,(H3,16,17,18,19). The van der Waals surface area contributed by atoms with Crippen molar-refractivity contribution in [1.82, 2.24) is 9.97 Å². The smallest absolute Gasteiger partial charge is 0.223 e. The summed E-state index contributed by atoms with van der Waals surface area (Å²) in [4.78, 5) is 7.63. The SMILES string of the molecule is Cc1ccc(CNc2nc(N)nc(Cl)c2N)c(F)c1. The Morgan fingerprint density at radius 1 is 1.32 bits per heavy atom. The quantitative estimate of drug-likeness (QED) is 0.752. The molecule has 0 aliphatic rings. The van der Waals surface area contributed by atoms with Crippen molar-refractivity contribution in [3.05, 3.63) is 40.3 Å². The zero-order chi connectivity index (χ0) is 14.0. The van der Waals surface area contributed by atoms with E-state index >= 15 is 0 Å². The van der Waals surface area contributed by atoms with Crippen LogP contribution in [-0.4, -0.2) is 9.97 Å². The molecule has 19 heavy (non-hydrogen) atoms. The molecule has 2 aromatic rings. The van der Waals surface area contributed by atoms with Crippen LogP contribution in [-0.2, 0) is 6.54 Å². The van der Waals surface area contributed by atoms with E-state index in [-0.39, 0.29) is 35.0 Å². The van der Waals surface area contributed by atoms with Gasteiger partial charge in [0.15, 0.2) is 11.0 Å². The van der Waals surface area contributed by atoms with E-state index in [1.807, 2.05) is 13.0 Å². The highest BCUT2D eigenvalue weighted by Crippen LogP contribution is 2.25. The summed E-state index contributed by atoms with van der Waals surface area (Å²) in [5.74, 6) is 0.00255. The van der Waals surface area contributed by atoms with E-state index in [9.17, 15) is 4.39 Å². The van der Waals surface area contributed by atoms with Crippen molar-refractivity contribution in [3.8, 4) is 0 Å². The fourth-order valence-corrected chi connectivity index (χ4v) is 1.74. The van der Waals surface area contributed by atoms with Crippen LogP contribution in [0.4, 0.5) is 21.8 Å². The molecule has 0 aliphatic heterocycles. The lowest BCUT2D eigenvalue weighted by Crippen LogP contribution is -2.09. The van der Waals surface area contributed by atoms with Gasteiger partial charge in [0.05, 0.1) is 0 Å². The summed E-state index contributed by atoms with van der Waals surface area (Å²) in [6, 6.07) is 4.98. The molecule has 0 radical (unpaired) electrons. The number of aryl methyl sites for hydroxylation is 1. The van der Waals surface area contributed by atoms with Crippen molar-refractivity contribution >= 4 is 29.1 Å². The molecular formula is C12H13ClFN5. The summed E-state index contributed by atoms with van der Waals surface area (Å²) < 4.78 is 13.7. The van der Waals surface area contributed by atoms with Gasteiger partial charge < -0.3 is 16.8 Å². The van der Waals surface area contributed by atoms with E-state index in [2.05, 4.69) is 15.3 Å². The van der Waals surface area contributed by atoms with Crippen LogP contribution < -0.4 is 16.8 Å². The summed E-state index contributed by atoms with van der Waals surface area (Å²) >= 11 is 5.78. The number of halogens is 2. The van der Waals surface area contributed by atoms with Gasteiger partial charge in [-0.2, -0.15) is 9.97 Å². The van der Waals surface area contributed by atoms with Gasteiger partial charge in [-0.1, -0.05) is 23.7 Å². The Labute approximate surface area is 114 Å². The molecule has 1 aromatic heterocycles. The molecule has 0 saturated heterocycles. The first-order valence-corrected chi connectivity index (χ1v) is 5.92. The number of nitrogens with zero attached hydrogens (tertiary/aromatic N) is 2. The number of aromatic nitrogens is 2. The van der Waals surface area contributed by atoms with E-state index < -0.39 is 0 Å². The van der Waals surface area contributed by atoms with Gasteiger partial charge in [0.1, 0.15) is 11.5 Å². The van der Waals surface area contributed by atoms with E-state index in [4.69, 9.17) is 23.1 Å². The number of hydrogen-bond acceptors (Lipinski definition) is 5. The van der Waals surface area contributed by atoms with Crippen molar-refractivity contribution in [2.45, 2.75) is 13.5 Å². The molecule has 5 nitrogen and oxygen atoms in total. The topological polar surface area (TPSA) is 89.8 Å². The molecule has 0 fully saturated rings. The molecule has 1 aromatic carbocycles.